The number of pyridine rings is 2. The van der Waals surface area contributed by atoms with Crippen molar-refractivity contribution in [1.82, 2.24) is 9.55 Å². The van der Waals surface area contributed by atoms with Gasteiger partial charge in [-0.15, -0.1) is 0 Å². The predicted molar refractivity (Wildman–Crippen MR) is 124 cm³/mol. The largest absolute Gasteiger partial charge is 0.394 e. The molecule has 0 bridgehead atoms. The van der Waals surface area contributed by atoms with E-state index in [9.17, 15) is 10.1 Å². The molecule has 3 aromatic rings. The Bertz CT molecular complexity index is 1210. The second-order valence-corrected chi connectivity index (χ2v) is 7.60. The average Bonchev–Trinajstić information content (AvgIpc) is 2.77. The molecule has 0 fully saturated rings. The Balaban J connectivity index is 1.96. The molecule has 0 saturated heterocycles. The normalized spacial score (nSPS) is 11.0. The van der Waals surface area contributed by atoms with Gasteiger partial charge in [0.25, 0.3) is 0 Å². The quantitative estimate of drug-likeness (QED) is 0.431. The molecule has 0 radical (unpaired) electrons. The zero-order valence-corrected chi connectivity index (χ0v) is 18.9. The van der Waals surface area contributed by atoms with Gasteiger partial charge in [0.15, 0.2) is 5.43 Å². The first-order chi connectivity index (χ1) is 15.5. The second kappa shape index (κ2) is 11.3. The Kier molecular flexibility index (Phi) is 8.45. The molecule has 0 spiro atoms. The van der Waals surface area contributed by atoms with Crippen LogP contribution in [-0.4, -0.2) is 54.2 Å². The molecule has 0 atom stereocenters. The van der Waals surface area contributed by atoms with Crippen molar-refractivity contribution >= 4 is 39.9 Å². The number of hydrogen-bond donors (Lipinski definition) is 2. The Morgan fingerprint density at radius 1 is 1.19 bits per heavy atom. The molecule has 2 N–H and O–H groups in total. The first-order valence-electron chi connectivity index (χ1n) is 9.89. The summed E-state index contributed by atoms with van der Waals surface area (Å²) in [5.41, 5.74) is 1.54. The van der Waals surface area contributed by atoms with E-state index >= 15 is 0 Å². The van der Waals surface area contributed by atoms with Gasteiger partial charge in [0, 0.05) is 18.3 Å². The van der Waals surface area contributed by atoms with Gasteiger partial charge < -0.3 is 24.5 Å². The van der Waals surface area contributed by atoms with E-state index in [1.54, 1.807) is 29.7 Å². The van der Waals surface area contributed by atoms with Gasteiger partial charge >= 0.3 is 0 Å². The minimum Gasteiger partial charge on any atom is -0.394 e. The summed E-state index contributed by atoms with van der Waals surface area (Å²) in [4.78, 5) is 17.2. The molecule has 0 aliphatic carbocycles. The SMILES string of the molecule is Cc1cc(=O)c2c(NCCOCCOCCO)ncc(Cl)c2n1-c1c(Cl)cccc1C#N. The number of rotatable bonds is 10. The molecule has 8 nitrogen and oxygen atoms in total. The standard InChI is InChI=1S/C22H22Cl2N4O4/c1-14-11-18(30)19-21(28(14)20-15(12-25)3-2-4-16(20)23)17(24)13-27-22(19)26-5-7-31-9-10-32-8-6-29/h2-4,11,13,29H,5-10H2,1H3,(H,26,27). The minimum absolute atomic E-state index is 0.0298. The third kappa shape index (κ3) is 5.21. The number of fused-ring (bicyclic) bond motifs is 1. The first kappa shape index (κ1) is 24.0. The van der Waals surface area contributed by atoms with E-state index in [2.05, 4.69) is 16.4 Å². The van der Waals surface area contributed by atoms with E-state index in [4.69, 9.17) is 37.8 Å². The van der Waals surface area contributed by atoms with Crippen LogP contribution in [0.2, 0.25) is 10.0 Å². The summed E-state index contributed by atoms with van der Waals surface area (Å²) in [5, 5.41) is 22.3. The van der Waals surface area contributed by atoms with E-state index in [0.717, 1.165) is 0 Å². The molecular formula is C22H22Cl2N4O4. The average molecular weight is 477 g/mol. The molecule has 0 aliphatic heterocycles. The lowest BCUT2D eigenvalue weighted by Crippen LogP contribution is -2.18. The lowest BCUT2D eigenvalue weighted by molar-refractivity contribution is 0.0361. The maximum Gasteiger partial charge on any atom is 0.193 e. The number of benzene rings is 1. The highest BCUT2D eigenvalue weighted by molar-refractivity contribution is 6.36. The molecule has 1 aromatic carbocycles. The predicted octanol–water partition coefficient (Wildman–Crippen LogP) is 3.31. The Morgan fingerprint density at radius 3 is 2.66 bits per heavy atom. The number of aromatic nitrogens is 2. The molecule has 32 heavy (non-hydrogen) atoms. The van der Waals surface area contributed by atoms with Crippen molar-refractivity contribution in [2.24, 2.45) is 0 Å². The molecule has 2 heterocycles. The van der Waals surface area contributed by atoms with Crippen LogP contribution >= 0.6 is 23.2 Å². The zero-order chi connectivity index (χ0) is 23.1. The number of halogens is 2. The first-order valence-corrected chi connectivity index (χ1v) is 10.6. The molecular weight excluding hydrogens is 455 g/mol. The summed E-state index contributed by atoms with van der Waals surface area (Å²) in [6.07, 6.45) is 1.45. The van der Waals surface area contributed by atoms with Crippen molar-refractivity contribution in [2.45, 2.75) is 6.92 Å². The summed E-state index contributed by atoms with van der Waals surface area (Å²) in [5.74, 6) is 0.355. The second-order valence-electron chi connectivity index (χ2n) is 6.79. The molecule has 0 amide bonds. The summed E-state index contributed by atoms with van der Waals surface area (Å²) < 4.78 is 12.3. The van der Waals surface area contributed by atoms with Crippen molar-refractivity contribution in [2.75, 3.05) is 44.9 Å². The molecule has 0 unspecified atom stereocenters. The Morgan fingerprint density at radius 2 is 1.94 bits per heavy atom. The summed E-state index contributed by atoms with van der Waals surface area (Å²) in [7, 11) is 0. The van der Waals surface area contributed by atoms with E-state index < -0.39 is 0 Å². The number of para-hydroxylation sites is 1. The van der Waals surface area contributed by atoms with Crippen molar-refractivity contribution in [3.05, 3.63) is 62.0 Å². The van der Waals surface area contributed by atoms with Gasteiger partial charge in [-0.25, -0.2) is 4.98 Å². The van der Waals surface area contributed by atoms with E-state index in [1.807, 2.05) is 0 Å². The van der Waals surface area contributed by atoms with Crippen LogP contribution in [0.15, 0.2) is 35.3 Å². The van der Waals surface area contributed by atoms with Gasteiger partial charge in [0.1, 0.15) is 11.9 Å². The number of aliphatic hydroxyl groups is 1. The van der Waals surface area contributed by atoms with Gasteiger partial charge in [-0.05, 0) is 19.1 Å². The topological polar surface area (TPSA) is 109 Å². The van der Waals surface area contributed by atoms with E-state index in [0.29, 0.717) is 59.7 Å². The maximum atomic E-state index is 12.9. The fraction of sp³-hybridized carbons (Fsp3) is 0.318. The minimum atomic E-state index is -0.255. The summed E-state index contributed by atoms with van der Waals surface area (Å²) in [6, 6.07) is 8.63. The highest BCUT2D eigenvalue weighted by Gasteiger charge is 2.19. The molecule has 0 saturated carbocycles. The number of aliphatic hydroxyl groups excluding tert-OH is 1. The van der Waals surface area contributed by atoms with Crippen LogP contribution in [0.1, 0.15) is 11.3 Å². The molecule has 10 heteroatoms. The number of hydrogen-bond acceptors (Lipinski definition) is 7. The fourth-order valence-electron chi connectivity index (χ4n) is 3.32. The van der Waals surface area contributed by atoms with E-state index in [-0.39, 0.29) is 29.1 Å². The van der Waals surface area contributed by atoms with Crippen molar-refractivity contribution in [3.63, 3.8) is 0 Å². The monoisotopic (exact) mass is 476 g/mol. The lowest BCUT2D eigenvalue weighted by atomic mass is 10.1. The molecule has 3 rings (SSSR count). The molecule has 168 valence electrons. The van der Waals surface area contributed by atoms with E-state index in [1.165, 1.54) is 12.3 Å². The van der Waals surface area contributed by atoms with Crippen LogP contribution in [0.5, 0.6) is 0 Å². The maximum absolute atomic E-state index is 12.9. The summed E-state index contributed by atoms with van der Waals surface area (Å²) in [6.45, 7) is 3.51. The van der Waals surface area contributed by atoms with Crippen LogP contribution in [0.4, 0.5) is 5.82 Å². The fourth-order valence-corrected chi connectivity index (χ4v) is 3.80. The van der Waals surface area contributed by atoms with Crippen LogP contribution < -0.4 is 10.7 Å². The molecule has 2 aromatic heterocycles. The van der Waals surface area contributed by atoms with Gasteiger partial charge in [0.05, 0.1) is 71.4 Å². The third-order valence-electron chi connectivity index (χ3n) is 4.65. The Hall–Kier alpha value is -2.67. The highest BCUT2D eigenvalue weighted by atomic mass is 35.5. The van der Waals surface area contributed by atoms with Crippen LogP contribution in [0.25, 0.3) is 16.6 Å². The number of ether oxygens (including phenoxy) is 2. The highest BCUT2D eigenvalue weighted by Crippen LogP contribution is 2.33. The van der Waals surface area contributed by atoms with Gasteiger partial charge in [-0.2, -0.15) is 5.26 Å². The number of aryl methyl sites for hydroxylation is 1. The number of nitriles is 1. The van der Waals surface area contributed by atoms with Gasteiger partial charge in [0.2, 0.25) is 0 Å². The zero-order valence-electron chi connectivity index (χ0n) is 17.4. The molecule has 0 aliphatic rings. The Labute approximate surface area is 194 Å². The van der Waals surface area contributed by atoms with Crippen molar-refractivity contribution in [3.8, 4) is 11.8 Å². The van der Waals surface area contributed by atoms with Crippen LogP contribution in [0, 0.1) is 18.3 Å². The number of nitrogens with zero attached hydrogens (tertiary/aromatic N) is 3. The smallest absolute Gasteiger partial charge is 0.193 e. The van der Waals surface area contributed by atoms with Crippen LogP contribution in [-0.2, 0) is 9.47 Å². The third-order valence-corrected chi connectivity index (χ3v) is 5.23. The van der Waals surface area contributed by atoms with Gasteiger partial charge in [-0.3, -0.25) is 4.79 Å². The summed E-state index contributed by atoms with van der Waals surface area (Å²) >= 11 is 12.9. The van der Waals surface area contributed by atoms with Crippen molar-refractivity contribution < 1.29 is 14.6 Å². The van der Waals surface area contributed by atoms with Crippen molar-refractivity contribution in [1.29, 1.82) is 5.26 Å². The number of anilines is 1. The number of nitrogens with one attached hydrogen (secondary N) is 1. The van der Waals surface area contributed by atoms with Crippen LogP contribution in [0.3, 0.4) is 0 Å². The lowest BCUT2D eigenvalue weighted by Gasteiger charge is -2.19. The van der Waals surface area contributed by atoms with Gasteiger partial charge in [-0.1, -0.05) is 29.3 Å².